The Bertz CT molecular complexity index is 1250. The first kappa shape index (κ1) is 19.0. The molecule has 33 heavy (non-hydrogen) atoms. The minimum Gasteiger partial charge on any atom is -0.274 e. The van der Waals surface area contributed by atoms with Gasteiger partial charge < -0.3 is 0 Å². The van der Waals surface area contributed by atoms with Crippen LogP contribution in [0.15, 0.2) is 71.3 Å². The smallest absolute Gasteiger partial charge is 0.269 e. The monoisotopic (exact) mass is 438 g/mol. The number of carbonyl (C=O) groups excluding carboxylic acids is 2. The normalized spacial score (nSPS) is 33.2. The van der Waals surface area contributed by atoms with Crippen LogP contribution in [0.5, 0.6) is 0 Å². The number of nitro groups is 1. The van der Waals surface area contributed by atoms with E-state index in [0.29, 0.717) is 17.5 Å². The number of benzene rings is 2. The number of rotatable bonds is 3. The molecule has 0 radical (unpaired) electrons. The first-order chi connectivity index (χ1) is 16.0. The summed E-state index contributed by atoms with van der Waals surface area (Å²) in [5, 5.41) is 11.0. The van der Waals surface area contributed by atoms with E-state index in [4.69, 9.17) is 0 Å². The van der Waals surface area contributed by atoms with E-state index in [2.05, 4.69) is 6.08 Å². The summed E-state index contributed by atoms with van der Waals surface area (Å²) in [6.07, 6.45) is 5.63. The van der Waals surface area contributed by atoms with Gasteiger partial charge in [-0.15, -0.1) is 0 Å². The zero-order valence-electron chi connectivity index (χ0n) is 17.9. The van der Waals surface area contributed by atoms with Gasteiger partial charge in [0.2, 0.25) is 11.8 Å². The number of allylic oxidation sites excluding steroid dienone is 3. The number of fused-ring (bicyclic) bond motifs is 11. The van der Waals surface area contributed by atoms with Gasteiger partial charge in [-0.2, -0.15) is 0 Å². The lowest BCUT2D eigenvalue weighted by atomic mass is 9.72. The highest BCUT2D eigenvalue weighted by atomic mass is 16.6. The molecule has 6 nitrogen and oxygen atoms in total. The van der Waals surface area contributed by atoms with E-state index in [9.17, 15) is 19.7 Å². The Morgan fingerprint density at radius 3 is 1.97 bits per heavy atom. The summed E-state index contributed by atoms with van der Waals surface area (Å²) in [6, 6.07) is 15.8. The van der Waals surface area contributed by atoms with Crippen LogP contribution in [0.3, 0.4) is 0 Å². The standard InChI is InChI=1S/C27H22N2O4/c30-26-24-22-19(12-14-6-10-18(11-7-14)29(32)33)23(21-16-9-8-15(13-16)20(21)22)25(24)27(31)28(26)17-4-2-1-3-5-17/h1-7,10-12,15-16,22-25H,8-9,13H2. The number of anilines is 1. The molecule has 1 saturated heterocycles. The van der Waals surface area contributed by atoms with Crippen LogP contribution in [-0.2, 0) is 9.59 Å². The lowest BCUT2D eigenvalue weighted by Crippen LogP contribution is -2.33. The third-order valence-corrected chi connectivity index (χ3v) is 8.60. The van der Waals surface area contributed by atoms with E-state index in [1.54, 1.807) is 12.1 Å². The fourth-order valence-electron chi connectivity index (χ4n) is 7.55. The van der Waals surface area contributed by atoms with Crippen LogP contribution < -0.4 is 4.90 Å². The van der Waals surface area contributed by atoms with Crippen molar-refractivity contribution in [3.8, 4) is 0 Å². The number of hydrogen-bond acceptors (Lipinski definition) is 4. The molecular formula is C27H22N2O4. The number of hydrogen-bond donors (Lipinski definition) is 0. The maximum atomic E-state index is 13.7. The van der Waals surface area contributed by atoms with Crippen LogP contribution in [0.1, 0.15) is 24.8 Å². The number of carbonyl (C=O) groups is 2. The summed E-state index contributed by atoms with van der Waals surface area (Å²) >= 11 is 0. The third kappa shape index (κ3) is 2.38. The highest BCUT2D eigenvalue weighted by molar-refractivity contribution is 6.23. The molecule has 6 heteroatoms. The lowest BCUT2D eigenvalue weighted by Gasteiger charge is -2.28. The van der Waals surface area contributed by atoms with E-state index < -0.39 is 4.92 Å². The van der Waals surface area contributed by atoms with Crippen molar-refractivity contribution in [1.29, 1.82) is 0 Å². The Kier molecular flexibility index (Phi) is 3.74. The molecule has 7 rings (SSSR count). The maximum absolute atomic E-state index is 13.7. The summed E-state index contributed by atoms with van der Waals surface area (Å²) in [6.45, 7) is 0. The predicted molar refractivity (Wildman–Crippen MR) is 122 cm³/mol. The van der Waals surface area contributed by atoms with Gasteiger partial charge in [0.15, 0.2) is 0 Å². The molecule has 2 saturated carbocycles. The number of para-hydroxylation sites is 1. The summed E-state index contributed by atoms with van der Waals surface area (Å²) in [5.74, 6) is 0.247. The molecule has 1 aliphatic heterocycles. The Morgan fingerprint density at radius 2 is 1.42 bits per heavy atom. The zero-order valence-corrected chi connectivity index (χ0v) is 17.9. The minimum absolute atomic E-state index is 0.00865. The largest absolute Gasteiger partial charge is 0.274 e. The molecule has 0 spiro atoms. The second-order valence-corrected chi connectivity index (χ2v) is 9.96. The molecule has 6 unspecified atom stereocenters. The Labute approximate surface area is 190 Å². The summed E-state index contributed by atoms with van der Waals surface area (Å²) in [7, 11) is 0. The highest BCUT2D eigenvalue weighted by Gasteiger charge is 2.69. The SMILES string of the molecule is O=C1C2C3C(=Cc4ccc([N+](=O)[O-])cc4)C(C4=C3C3CCC4C3)C2C(=O)N1c1ccccc1. The van der Waals surface area contributed by atoms with Gasteiger partial charge in [-0.25, -0.2) is 4.90 Å². The van der Waals surface area contributed by atoms with Crippen molar-refractivity contribution in [2.45, 2.75) is 19.3 Å². The first-order valence-corrected chi connectivity index (χ1v) is 11.7. The molecule has 4 bridgehead atoms. The second kappa shape index (κ2) is 6.50. The van der Waals surface area contributed by atoms with E-state index in [1.165, 1.54) is 53.0 Å². The fourth-order valence-corrected chi connectivity index (χ4v) is 7.55. The Hall–Kier alpha value is -3.54. The number of imide groups is 1. The molecule has 5 aliphatic rings. The molecule has 164 valence electrons. The third-order valence-electron chi connectivity index (χ3n) is 8.60. The van der Waals surface area contributed by atoms with Crippen LogP contribution in [0.4, 0.5) is 11.4 Å². The van der Waals surface area contributed by atoms with Crippen molar-refractivity contribution in [1.82, 2.24) is 0 Å². The van der Waals surface area contributed by atoms with Gasteiger partial charge in [-0.1, -0.05) is 41.0 Å². The van der Waals surface area contributed by atoms with Crippen molar-refractivity contribution < 1.29 is 14.5 Å². The molecule has 4 aliphatic carbocycles. The van der Waals surface area contributed by atoms with E-state index in [0.717, 1.165) is 5.56 Å². The molecule has 2 amide bonds. The molecule has 2 aromatic rings. The summed E-state index contributed by atoms with van der Waals surface area (Å²) in [4.78, 5) is 39.4. The van der Waals surface area contributed by atoms with Gasteiger partial charge >= 0.3 is 0 Å². The molecule has 6 atom stereocenters. The Balaban J connectivity index is 1.33. The van der Waals surface area contributed by atoms with E-state index in [1.807, 2.05) is 30.3 Å². The average Bonchev–Trinajstić information content (AvgIpc) is 3.61. The molecule has 3 fully saturated rings. The zero-order chi connectivity index (χ0) is 22.4. The molecule has 0 N–H and O–H groups in total. The lowest BCUT2D eigenvalue weighted by molar-refractivity contribution is -0.384. The van der Waals surface area contributed by atoms with Crippen molar-refractivity contribution >= 4 is 29.3 Å². The van der Waals surface area contributed by atoms with Gasteiger partial charge in [0.1, 0.15) is 0 Å². The predicted octanol–water partition coefficient (Wildman–Crippen LogP) is 4.77. The van der Waals surface area contributed by atoms with Crippen LogP contribution in [0.25, 0.3) is 6.08 Å². The number of nitro benzene ring substituents is 1. The summed E-state index contributed by atoms with van der Waals surface area (Å²) < 4.78 is 0. The molecular weight excluding hydrogens is 416 g/mol. The number of nitrogens with zero attached hydrogens (tertiary/aromatic N) is 2. The van der Waals surface area contributed by atoms with Crippen LogP contribution >= 0.6 is 0 Å². The average molecular weight is 438 g/mol. The fraction of sp³-hybridized carbons (Fsp3) is 0.333. The van der Waals surface area contributed by atoms with Gasteiger partial charge in [-0.05, 0) is 60.9 Å². The topological polar surface area (TPSA) is 80.5 Å². The first-order valence-electron chi connectivity index (χ1n) is 11.7. The van der Waals surface area contributed by atoms with Gasteiger partial charge in [0, 0.05) is 24.0 Å². The number of non-ortho nitro benzene ring substituents is 1. The highest BCUT2D eigenvalue weighted by Crippen LogP contribution is 2.70. The molecule has 1 heterocycles. The minimum atomic E-state index is -0.399. The van der Waals surface area contributed by atoms with Crippen molar-refractivity contribution in [2.24, 2.45) is 35.5 Å². The molecule has 2 aromatic carbocycles. The van der Waals surface area contributed by atoms with E-state index >= 15 is 0 Å². The number of amides is 2. The summed E-state index contributed by atoms with van der Waals surface area (Å²) in [5.41, 5.74) is 5.67. The van der Waals surface area contributed by atoms with Gasteiger partial charge in [0.05, 0.1) is 22.4 Å². The van der Waals surface area contributed by atoms with Gasteiger partial charge in [0.25, 0.3) is 5.69 Å². The van der Waals surface area contributed by atoms with E-state index in [-0.39, 0.29) is 41.2 Å². The van der Waals surface area contributed by atoms with Crippen molar-refractivity contribution in [3.63, 3.8) is 0 Å². The van der Waals surface area contributed by atoms with Crippen molar-refractivity contribution in [3.05, 3.63) is 87.0 Å². The van der Waals surface area contributed by atoms with Crippen LogP contribution in [0.2, 0.25) is 0 Å². The maximum Gasteiger partial charge on any atom is 0.269 e. The van der Waals surface area contributed by atoms with Gasteiger partial charge in [-0.3, -0.25) is 19.7 Å². The molecule has 0 aromatic heterocycles. The second-order valence-electron chi connectivity index (χ2n) is 9.96. The van der Waals surface area contributed by atoms with Crippen LogP contribution in [-0.4, -0.2) is 16.7 Å². The van der Waals surface area contributed by atoms with Crippen molar-refractivity contribution in [2.75, 3.05) is 4.90 Å². The quantitative estimate of drug-likeness (QED) is 0.227. The van der Waals surface area contributed by atoms with Crippen LogP contribution in [0, 0.1) is 45.6 Å². The Morgan fingerprint density at radius 1 is 0.848 bits per heavy atom.